The van der Waals surface area contributed by atoms with E-state index in [1.54, 1.807) is 11.3 Å². The minimum absolute atomic E-state index is 0.141. The van der Waals surface area contributed by atoms with Crippen molar-refractivity contribution in [2.24, 2.45) is 0 Å². The first kappa shape index (κ1) is 11.9. The summed E-state index contributed by atoms with van der Waals surface area (Å²) in [7, 11) is 0. The highest BCUT2D eigenvalue weighted by Gasteiger charge is 2.04. The van der Waals surface area contributed by atoms with E-state index in [9.17, 15) is 4.79 Å². The molecule has 0 aliphatic carbocycles. The summed E-state index contributed by atoms with van der Waals surface area (Å²) in [5.74, 6) is 0.888. The third kappa shape index (κ3) is 4.04. The normalized spacial score (nSPS) is 10.1. The number of carbonyl (C=O) groups is 1. The van der Waals surface area contributed by atoms with E-state index < -0.39 is 0 Å². The molecular weight excluding hydrogens is 232 g/mol. The number of carbonyl (C=O) groups excluding carboxylic acids is 1. The van der Waals surface area contributed by atoms with Crippen LogP contribution in [-0.4, -0.2) is 12.4 Å². The number of thiophene rings is 1. The van der Waals surface area contributed by atoms with E-state index >= 15 is 0 Å². The standard InChI is InChI=1S/C14H14O2S/c15-12(8-9-14-7-4-10-17-14)11-16-13-5-2-1-3-6-13/h1-7,10H,8-9,11H2. The van der Waals surface area contributed by atoms with Crippen LogP contribution in [0, 0.1) is 0 Å². The molecule has 1 aromatic heterocycles. The highest BCUT2D eigenvalue weighted by molar-refractivity contribution is 7.09. The number of aryl methyl sites for hydroxylation is 1. The largest absolute Gasteiger partial charge is 0.486 e. The van der Waals surface area contributed by atoms with Gasteiger partial charge in [-0.05, 0) is 30.0 Å². The number of ketones is 1. The van der Waals surface area contributed by atoms with Crippen molar-refractivity contribution in [1.29, 1.82) is 0 Å². The fourth-order valence-electron chi connectivity index (χ4n) is 1.47. The molecule has 0 spiro atoms. The van der Waals surface area contributed by atoms with Crippen molar-refractivity contribution in [3.8, 4) is 5.75 Å². The lowest BCUT2D eigenvalue weighted by molar-refractivity contribution is -0.121. The molecule has 0 radical (unpaired) electrons. The summed E-state index contributed by atoms with van der Waals surface area (Å²) in [6, 6.07) is 13.5. The second kappa shape index (κ2) is 6.21. The molecular formula is C14H14O2S. The molecule has 0 amide bonds. The van der Waals surface area contributed by atoms with Crippen LogP contribution in [0.3, 0.4) is 0 Å². The summed E-state index contributed by atoms with van der Waals surface area (Å²) in [5, 5.41) is 2.03. The number of para-hydroxylation sites is 1. The Labute approximate surface area is 105 Å². The van der Waals surface area contributed by atoms with Gasteiger partial charge in [0.05, 0.1) is 0 Å². The van der Waals surface area contributed by atoms with Gasteiger partial charge in [-0.25, -0.2) is 0 Å². The number of benzene rings is 1. The van der Waals surface area contributed by atoms with Crippen LogP contribution >= 0.6 is 11.3 Å². The highest BCUT2D eigenvalue weighted by Crippen LogP contribution is 2.12. The Kier molecular flexibility index (Phi) is 4.33. The summed E-state index contributed by atoms with van der Waals surface area (Å²) >= 11 is 1.69. The first-order valence-corrected chi connectivity index (χ1v) is 6.44. The number of hydrogen-bond acceptors (Lipinski definition) is 3. The molecule has 0 unspecified atom stereocenters. The van der Waals surface area contributed by atoms with Gasteiger partial charge >= 0.3 is 0 Å². The maximum Gasteiger partial charge on any atom is 0.170 e. The Hall–Kier alpha value is -1.61. The van der Waals surface area contributed by atoms with Crippen LogP contribution in [0.5, 0.6) is 5.75 Å². The molecule has 2 nitrogen and oxygen atoms in total. The van der Waals surface area contributed by atoms with Crippen molar-refractivity contribution in [3.05, 3.63) is 52.7 Å². The monoisotopic (exact) mass is 246 g/mol. The van der Waals surface area contributed by atoms with Crippen molar-refractivity contribution < 1.29 is 9.53 Å². The van der Waals surface area contributed by atoms with Crippen LogP contribution in [0.2, 0.25) is 0 Å². The number of Topliss-reactive ketones (excluding diaryl/α,β-unsaturated/α-hetero) is 1. The molecule has 17 heavy (non-hydrogen) atoms. The average molecular weight is 246 g/mol. The Morgan fingerprint density at radius 3 is 2.65 bits per heavy atom. The van der Waals surface area contributed by atoms with E-state index in [4.69, 9.17) is 4.74 Å². The SMILES string of the molecule is O=C(CCc1cccs1)COc1ccccc1. The molecule has 0 saturated carbocycles. The van der Waals surface area contributed by atoms with Gasteiger partial charge in [0.1, 0.15) is 12.4 Å². The van der Waals surface area contributed by atoms with Gasteiger partial charge in [-0.2, -0.15) is 0 Å². The van der Waals surface area contributed by atoms with Gasteiger partial charge in [0.25, 0.3) is 0 Å². The molecule has 2 rings (SSSR count). The van der Waals surface area contributed by atoms with Gasteiger partial charge in [0.15, 0.2) is 5.78 Å². The molecule has 0 atom stereocenters. The fraction of sp³-hybridized carbons (Fsp3) is 0.214. The van der Waals surface area contributed by atoms with Gasteiger partial charge in [0, 0.05) is 11.3 Å². The minimum atomic E-state index is 0.141. The van der Waals surface area contributed by atoms with Crippen molar-refractivity contribution in [2.75, 3.05) is 6.61 Å². The molecule has 0 fully saturated rings. The van der Waals surface area contributed by atoms with E-state index in [-0.39, 0.29) is 12.4 Å². The van der Waals surface area contributed by atoms with Crippen LogP contribution in [0.25, 0.3) is 0 Å². The van der Waals surface area contributed by atoms with E-state index in [1.165, 1.54) is 4.88 Å². The van der Waals surface area contributed by atoms with Crippen LogP contribution in [0.15, 0.2) is 47.8 Å². The van der Waals surface area contributed by atoms with Crippen LogP contribution in [0.4, 0.5) is 0 Å². The van der Waals surface area contributed by atoms with Gasteiger partial charge < -0.3 is 4.74 Å². The van der Waals surface area contributed by atoms with Crippen molar-refractivity contribution in [3.63, 3.8) is 0 Å². The van der Waals surface area contributed by atoms with E-state index in [0.717, 1.165) is 12.2 Å². The molecule has 2 aromatic rings. The smallest absolute Gasteiger partial charge is 0.170 e. The summed E-state index contributed by atoms with van der Waals surface area (Å²) in [4.78, 5) is 12.8. The third-order valence-electron chi connectivity index (χ3n) is 2.37. The number of hydrogen-bond donors (Lipinski definition) is 0. The summed E-state index contributed by atoms with van der Waals surface area (Å²) < 4.78 is 5.39. The van der Waals surface area contributed by atoms with E-state index in [2.05, 4.69) is 6.07 Å². The summed E-state index contributed by atoms with van der Waals surface area (Å²) in [6.45, 7) is 0.162. The van der Waals surface area contributed by atoms with Gasteiger partial charge in [-0.3, -0.25) is 4.79 Å². The molecule has 0 saturated heterocycles. The first-order valence-electron chi connectivity index (χ1n) is 5.56. The molecule has 1 aromatic carbocycles. The maximum atomic E-state index is 11.6. The Bertz CT molecular complexity index is 448. The first-order chi connectivity index (χ1) is 8.34. The van der Waals surface area contributed by atoms with Crippen molar-refractivity contribution in [2.45, 2.75) is 12.8 Å². The topological polar surface area (TPSA) is 26.3 Å². The van der Waals surface area contributed by atoms with Crippen LogP contribution < -0.4 is 4.74 Å². The molecule has 88 valence electrons. The fourth-order valence-corrected chi connectivity index (χ4v) is 2.18. The summed E-state index contributed by atoms with van der Waals surface area (Å²) in [6.07, 6.45) is 1.36. The third-order valence-corrected chi connectivity index (χ3v) is 3.31. The lowest BCUT2D eigenvalue weighted by Gasteiger charge is -2.04. The van der Waals surface area contributed by atoms with Crippen LogP contribution in [0.1, 0.15) is 11.3 Å². The average Bonchev–Trinajstić information content (AvgIpc) is 2.88. The molecule has 3 heteroatoms. The molecule has 0 aliphatic heterocycles. The Morgan fingerprint density at radius 1 is 1.12 bits per heavy atom. The van der Waals surface area contributed by atoms with Gasteiger partial charge in [-0.1, -0.05) is 24.3 Å². The summed E-state index contributed by atoms with van der Waals surface area (Å²) in [5.41, 5.74) is 0. The zero-order chi connectivity index (χ0) is 11.9. The zero-order valence-electron chi connectivity index (χ0n) is 9.46. The lowest BCUT2D eigenvalue weighted by atomic mass is 10.2. The molecule has 0 aliphatic rings. The van der Waals surface area contributed by atoms with Crippen molar-refractivity contribution in [1.82, 2.24) is 0 Å². The van der Waals surface area contributed by atoms with Crippen LogP contribution in [-0.2, 0) is 11.2 Å². The predicted octanol–water partition coefficient (Wildman–Crippen LogP) is 3.33. The predicted molar refractivity (Wildman–Crippen MR) is 69.6 cm³/mol. The number of rotatable bonds is 6. The van der Waals surface area contributed by atoms with Gasteiger partial charge in [0.2, 0.25) is 0 Å². The molecule has 0 N–H and O–H groups in total. The molecule has 0 bridgehead atoms. The quantitative estimate of drug-likeness (QED) is 0.781. The number of ether oxygens (including phenoxy) is 1. The lowest BCUT2D eigenvalue weighted by Crippen LogP contribution is -2.11. The zero-order valence-corrected chi connectivity index (χ0v) is 10.3. The van der Waals surface area contributed by atoms with E-state index in [0.29, 0.717) is 6.42 Å². The highest BCUT2D eigenvalue weighted by atomic mass is 32.1. The Morgan fingerprint density at radius 2 is 1.94 bits per heavy atom. The minimum Gasteiger partial charge on any atom is -0.486 e. The maximum absolute atomic E-state index is 11.6. The second-order valence-corrected chi connectivity index (χ2v) is 4.75. The van der Waals surface area contributed by atoms with E-state index in [1.807, 2.05) is 41.8 Å². The Balaban J connectivity index is 1.71. The van der Waals surface area contributed by atoms with Crippen molar-refractivity contribution >= 4 is 17.1 Å². The van der Waals surface area contributed by atoms with Gasteiger partial charge in [-0.15, -0.1) is 11.3 Å². The molecule has 1 heterocycles. The second-order valence-electron chi connectivity index (χ2n) is 3.72.